The molecule has 1 aliphatic rings. The van der Waals surface area contributed by atoms with Crippen LogP contribution in [0.5, 0.6) is 0 Å². The molecule has 0 saturated carbocycles. The maximum absolute atomic E-state index is 13.7. The van der Waals surface area contributed by atoms with Crippen LogP contribution in [-0.2, 0) is 0 Å². The molecule has 18 heavy (non-hydrogen) atoms. The quantitative estimate of drug-likeness (QED) is 0.852. The van der Waals surface area contributed by atoms with Crippen LogP contribution >= 0.6 is 11.3 Å². The van der Waals surface area contributed by atoms with E-state index in [2.05, 4.69) is 17.5 Å². The number of benzene rings is 1. The van der Waals surface area contributed by atoms with Crippen molar-refractivity contribution < 1.29 is 4.39 Å². The maximum atomic E-state index is 13.7. The zero-order valence-corrected chi connectivity index (χ0v) is 10.5. The largest absolute Gasteiger partial charge is 0.312 e. The summed E-state index contributed by atoms with van der Waals surface area (Å²) in [5.74, 6) is -0.246. The zero-order chi connectivity index (χ0) is 12.5. The molecule has 4 heteroatoms. The number of nitrogens with one attached hydrogen (secondary N) is 1. The molecular weight excluding hydrogens is 247 g/mol. The first kappa shape index (κ1) is 11.4. The molecule has 1 aromatic carbocycles. The second-order valence-electron chi connectivity index (χ2n) is 4.23. The number of nitrogens with zero attached hydrogens (tertiary/aromatic N) is 1. The van der Waals surface area contributed by atoms with Crippen LogP contribution in [0.3, 0.4) is 0 Å². The monoisotopic (exact) mass is 258 g/mol. The summed E-state index contributed by atoms with van der Waals surface area (Å²) in [6, 6.07) is 7.22. The molecule has 0 radical (unpaired) electrons. The standard InChI is InChI=1S/C14H11FN2S/c15-11-5-1-4-10-13(9-3-2-6-17-8-9)12(7-16)18-14(10)11/h1,3-5,17H,2,6,8H2. The summed E-state index contributed by atoms with van der Waals surface area (Å²) >= 11 is 1.24. The van der Waals surface area contributed by atoms with E-state index in [1.807, 2.05) is 6.07 Å². The minimum absolute atomic E-state index is 0.246. The minimum Gasteiger partial charge on any atom is -0.312 e. The topological polar surface area (TPSA) is 35.8 Å². The summed E-state index contributed by atoms with van der Waals surface area (Å²) in [5, 5.41) is 13.4. The highest BCUT2D eigenvalue weighted by atomic mass is 32.1. The van der Waals surface area contributed by atoms with Gasteiger partial charge in [0, 0.05) is 17.5 Å². The molecule has 90 valence electrons. The van der Waals surface area contributed by atoms with Crippen molar-refractivity contribution in [2.75, 3.05) is 13.1 Å². The van der Waals surface area contributed by atoms with Gasteiger partial charge in [-0.15, -0.1) is 11.3 Å². The van der Waals surface area contributed by atoms with Gasteiger partial charge in [-0.25, -0.2) is 4.39 Å². The van der Waals surface area contributed by atoms with Gasteiger partial charge in [0.15, 0.2) is 0 Å². The third-order valence-corrected chi connectivity index (χ3v) is 4.24. The smallest absolute Gasteiger partial charge is 0.141 e. The molecule has 0 aliphatic carbocycles. The number of hydrogen-bond acceptors (Lipinski definition) is 3. The summed E-state index contributed by atoms with van der Waals surface area (Å²) in [6.07, 6.45) is 3.09. The van der Waals surface area contributed by atoms with Crippen molar-refractivity contribution in [3.05, 3.63) is 40.5 Å². The Morgan fingerprint density at radius 3 is 3.00 bits per heavy atom. The van der Waals surface area contributed by atoms with E-state index >= 15 is 0 Å². The predicted molar refractivity (Wildman–Crippen MR) is 72.0 cm³/mol. The first-order chi connectivity index (χ1) is 8.81. The molecule has 1 aliphatic heterocycles. The fraction of sp³-hybridized carbons (Fsp3) is 0.214. The van der Waals surface area contributed by atoms with E-state index in [1.165, 1.54) is 17.4 Å². The van der Waals surface area contributed by atoms with Gasteiger partial charge in [-0.2, -0.15) is 5.26 Å². The molecule has 0 amide bonds. The fourth-order valence-corrected chi connectivity index (χ4v) is 3.35. The second-order valence-corrected chi connectivity index (χ2v) is 5.25. The van der Waals surface area contributed by atoms with E-state index in [-0.39, 0.29) is 5.82 Å². The minimum atomic E-state index is -0.246. The number of thiophene rings is 1. The first-order valence-corrected chi connectivity index (χ1v) is 6.64. The van der Waals surface area contributed by atoms with E-state index in [1.54, 1.807) is 6.07 Å². The van der Waals surface area contributed by atoms with Gasteiger partial charge < -0.3 is 5.32 Å². The van der Waals surface area contributed by atoms with Crippen molar-refractivity contribution in [3.63, 3.8) is 0 Å². The van der Waals surface area contributed by atoms with Crippen molar-refractivity contribution in [2.24, 2.45) is 0 Å². The lowest BCUT2D eigenvalue weighted by Gasteiger charge is -2.14. The molecule has 3 rings (SSSR count). The molecule has 0 fully saturated rings. The molecule has 2 heterocycles. The van der Waals surface area contributed by atoms with Crippen LogP contribution in [0.25, 0.3) is 15.7 Å². The lowest BCUT2D eigenvalue weighted by Crippen LogP contribution is -2.21. The van der Waals surface area contributed by atoms with Crippen molar-refractivity contribution in [1.29, 1.82) is 5.26 Å². The van der Waals surface area contributed by atoms with E-state index < -0.39 is 0 Å². The van der Waals surface area contributed by atoms with Gasteiger partial charge in [0.25, 0.3) is 0 Å². The summed E-state index contributed by atoms with van der Waals surface area (Å²) in [7, 11) is 0. The molecule has 0 saturated heterocycles. The summed E-state index contributed by atoms with van der Waals surface area (Å²) in [6.45, 7) is 1.71. The molecule has 2 nitrogen and oxygen atoms in total. The number of rotatable bonds is 1. The summed E-state index contributed by atoms with van der Waals surface area (Å²) in [5.41, 5.74) is 2.01. The Labute approximate surface area is 108 Å². The van der Waals surface area contributed by atoms with Crippen molar-refractivity contribution in [2.45, 2.75) is 6.42 Å². The van der Waals surface area contributed by atoms with E-state index in [0.29, 0.717) is 9.58 Å². The van der Waals surface area contributed by atoms with Crippen molar-refractivity contribution in [1.82, 2.24) is 5.32 Å². The number of halogens is 1. The van der Waals surface area contributed by atoms with Crippen LogP contribution in [0.1, 0.15) is 16.9 Å². The van der Waals surface area contributed by atoms with Crippen LogP contribution in [0.15, 0.2) is 24.3 Å². The van der Waals surface area contributed by atoms with Crippen LogP contribution < -0.4 is 5.32 Å². The van der Waals surface area contributed by atoms with E-state index in [9.17, 15) is 9.65 Å². The van der Waals surface area contributed by atoms with Gasteiger partial charge in [0.1, 0.15) is 16.8 Å². The SMILES string of the molecule is N#Cc1sc2c(F)cccc2c1C1=CCCNC1. The van der Waals surface area contributed by atoms with Gasteiger partial charge in [0.05, 0.1) is 4.70 Å². The Bertz CT molecular complexity index is 679. The molecule has 1 aromatic heterocycles. The van der Waals surface area contributed by atoms with Gasteiger partial charge in [-0.05, 0) is 24.6 Å². The van der Waals surface area contributed by atoms with Gasteiger partial charge in [-0.3, -0.25) is 0 Å². The van der Waals surface area contributed by atoms with Crippen LogP contribution in [0, 0.1) is 17.1 Å². The van der Waals surface area contributed by atoms with Gasteiger partial charge >= 0.3 is 0 Å². The Kier molecular flexibility index (Phi) is 2.86. The Morgan fingerprint density at radius 2 is 2.28 bits per heavy atom. The maximum Gasteiger partial charge on any atom is 0.141 e. The second kappa shape index (κ2) is 4.52. The first-order valence-electron chi connectivity index (χ1n) is 5.82. The van der Waals surface area contributed by atoms with Gasteiger partial charge in [0.2, 0.25) is 0 Å². The number of fused-ring (bicyclic) bond motifs is 1. The Morgan fingerprint density at radius 1 is 1.39 bits per heavy atom. The Balaban J connectivity index is 2.30. The molecule has 0 atom stereocenters. The molecule has 0 bridgehead atoms. The molecule has 0 spiro atoms. The highest BCUT2D eigenvalue weighted by Gasteiger charge is 2.18. The molecular formula is C14H11FN2S. The van der Waals surface area contributed by atoms with Gasteiger partial charge in [-0.1, -0.05) is 18.2 Å². The average Bonchev–Trinajstić information content (AvgIpc) is 2.80. The summed E-state index contributed by atoms with van der Waals surface area (Å²) < 4.78 is 14.3. The summed E-state index contributed by atoms with van der Waals surface area (Å²) in [4.78, 5) is 0.602. The van der Waals surface area contributed by atoms with Crippen LogP contribution in [0.2, 0.25) is 0 Å². The fourth-order valence-electron chi connectivity index (χ4n) is 2.32. The lowest BCUT2D eigenvalue weighted by atomic mass is 9.99. The van der Waals surface area contributed by atoms with Crippen LogP contribution in [-0.4, -0.2) is 13.1 Å². The lowest BCUT2D eigenvalue weighted by molar-refractivity contribution is 0.641. The third-order valence-electron chi connectivity index (χ3n) is 3.12. The Hall–Kier alpha value is -1.70. The third kappa shape index (κ3) is 1.72. The normalized spacial score (nSPS) is 15.4. The van der Waals surface area contributed by atoms with Crippen molar-refractivity contribution in [3.8, 4) is 6.07 Å². The predicted octanol–water partition coefficient (Wildman–Crippen LogP) is 3.29. The molecule has 1 N–H and O–H groups in total. The van der Waals surface area contributed by atoms with E-state index in [0.717, 1.165) is 36.0 Å². The molecule has 2 aromatic rings. The van der Waals surface area contributed by atoms with Crippen molar-refractivity contribution >= 4 is 27.0 Å². The van der Waals surface area contributed by atoms with E-state index in [4.69, 9.17) is 0 Å². The highest BCUT2D eigenvalue weighted by Crippen LogP contribution is 2.37. The number of hydrogen-bond donors (Lipinski definition) is 1. The zero-order valence-electron chi connectivity index (χ0n) is 9.66. The number of nitriles is 1. The highest BCUT2D eigenvalue weighted by molar-refractivity contribution is 7.19. The average molecular weight is 258 g/mol. The molecule has 0 unspecified atom stereocenters. The van der Waals surface area contributed by atoms with Crippen LogP contribution in [0.4, 0.5) is 4.39 Å².